The zero-order valence-electron chi connectivity index (χ0n) is 7.78. The fourth-order valence-electron chi connectivity index (χ4n) is 0.848. The van der Waals surface area contributed by atoms with E-state index in [2.05, 4.69) is 25.6 Å². The van der Waals surface area contributed by atoms with Crippen LogP contribution in [0.1, 0.15) is 5.69 Å². The second kappa shape index (κ2) is 4.79. The van der Waals surface area contributed by atoms with Crippen molar-refractivity contribution in [3.8, 4) is 0 Å². The molecule has 15 heavy (non-hydrogen) atoms. The number of urea groups is 1. The van der Waals surface area contributed by atoms with Gasteiger partial charge in [0.2, 0.25) is 5.82 Å². The van der Waals surface area contributed by atoms with Gasteiger partial charge in [0.15, 0.2) is 5.69 Å². The number of aromatic nitrogens is 2. The summed E-state index contributed by atoms with van der Waals surface area (Å²) >= 11 is 0. The van der Waals surface area contributed by atoms with Crippen LogP contribution in [-0.2, 0) is 0 Å². The molecule has 1 rings (SSSR count). The van der Waals surface area contributed by atoms with Gasteiger partial charge in [0.1, 0.15) is 5.84 Å². The Bertz CT molecular complexity index is 360. The third-order valence-corrected chi connectivity index (χ3v) is 1.46. The lowest BCUT2D eigenvalue weighted by Crippen LogP contribution is -2.33. The number of nitrogens with two attached hydrogens (primary N) is 2. The minimum absolute atomic E-state index is 0.133. The summed E-state index contributed by atoms with van der Waals surface area (Å²) in [5.41, 5.74) is 10.2. The summed E-state index contributed by atoms with van der Waals surface area (Å²) in [6.45, 7) is 0.691. The van der Waals surface area contributed by atoms with E-state index in [0.717, 1.165) is 0 Å². The molecule has 0 fully saturated rings. The number of amides is 2. The maximum atomic E-state index is 10.3. The zero-order chi connectivity index (χ0) is 11.3. The van der Waals surface area contributed by atoms with E-state index in [0.29, 0.717) is 13.1 Å². The average molecular weight is 213 g/mol. The first-order valence-electron chi connectivity index (χ1n) is 4.05. The van der Waals surface area contributed by atoms with E-state index in [9.17, 15) is 4.79 Å². The number of hydrogen-bond donors (Lipinski definition) is 5. The molecule has 1 aromatic rings. The summed E-state index contributed by atoms with van der Waals surface area (Å²) in [5.74, 6) is 0.00961. The summed E-state index contributed by atoms with van der Waals surface area (Å²) in [4.78, 5) is 10.3. The second-order valence-corrected chi connectivity index (χ2v) is 2.59. The monoisotopic (exact) mass is 213 g/mol. The molecule has 0 spiro atoms. The second-order valence-electron chi connectivity index (χ2n) is 2.59. The Kier molecular flexibility index (Phi) is 3.43. The Morgan fingerprint density at radius 3 is 2.73 bits per heavy atom. The number of carbonyl (C=O) groups is 1. The van der Waals surface area contributed by atoms with Crippen molar-refractivity contribution in [3.05, 3.63) is 5.69 Å². The van der Waals surface area contributed by atoms with Gasteiger partial charge in [-0.2, -0.15) is 0 Å². The van der Waals surface area contributed by atoms with Crippen LogP contribution in [0.5, 0.6) is 0 Å². The minimum Gasteiger partial charge on any atom is -0.382 e. The molecular formula is C6H11N7O2. The standard InChI is InChI=1S/C6H11N7O2/c7-4(8)3-5(13-15-12-3)10-1-2-11-6(9)14/h1-2H2,(H3,7,8)(H,10,13)(H3,9,11,14). The van der Waals surface area contributed by atoms with Gasteiger partial charge in [0.25, 0.3) is 0 Å². The molecule has 0 radical (unpaired) electrons. The minimum atomic E-state index is -0.609. The Morgan fingerprint density at radius 2 is 2.13 bits per heavy atom. The molecule has 0 aliphatic carbocycles. The molecule has 0 aliphatic heterocycles. The third-order valence-electron chi connectivity index (χ3n) is 1.46. The summed E-state index contributed by atoms with van der Waals surface area (Å²) in [6.07, 6.45) is 0. The summed E-state index contributed by atoms with van der Waals surface area (Å²) in [6, 6.07) is -0.609. The van der Waals surface area contributed by atoms with Gasteiger partial charge in [0, 0.05) is 13.1 Å². The van der Waals surface area contributed by atoms with Crippen LogP contribution in [0.2, 0.25) is 0 Å². The molecule has 7 N–H and O–H groups in total. The molecule has 9 nitrogen and oxygen atoms in total. The van der Waals surface area contributed by atoms with Crippen molar-refractivity contribution in [2.75, 3.05) is 18.4 Å². The number of primary amides is 1. The lowest BCUT2D eigenvalue weighted by molar-refractivity contribution is 0.249. The van der Waals surface area contributed by atoms with E-state index < -0.39 is 6.03 Å². The van der Waals surface area contributed by atoms with E-state index in [-0.39, 0.29) is 17.3 Å². The summed E-state index contributed by atoms with van der Waals surface area (Å²) in [7, 11) is 0. The van der Waals surface area contributed by atoms with Crippen LogP contribution in [-0.4, -0.2) is 35.3 Å². The predicted octanol–water partition coefficient (Wildman–Crippen LogP) is -1.57. The van der Waals surface area contributed by atoms with Gasteiger partial charge in [-0.25, -0.2) is 9.42 Å². The fraction of sp³-hybridized carbons (Fsp3) is 0.333. The van der Waals surface area contributed by atoms with Crippen LogP contribution in [0.4, 0.5) is 10.6 Å². The van der Waals surface area contributed by atoms with E-state index >= 15 is 0 Å². The third kappa shape index (κ3) is 3.14. The van der Waals surface area contributed by atoms with Crippen molar-refractivity contribution in [1.29, 1.82) is 5.41 Å². The molecule has 0 atom stereocenters. The fourth-order valence-corrected chi connectivity index (χ4v) is 0.848. The highest BCUT2D eigenvalue weighted by atomic mass is 16.6. The Morgan fingerprint density at radius 1 is 1.40 bits per heavy atom. The Labute approximate surface area is 84.7 Å². The SMILES string of the molecule is N=C(N)c1nonc1NCCNC(N)=O. The first-order chi connectivity index (χ1) is 7.11. The van der Waals surface area contributed by atoms with Crippen LogP contribution in [0.3, 0.4) is 0 Å². The molecule has 0 bridgehead atoms. The van der Waals surface area contributed by atoms with Crippen LogP contribution in [0.25, 0.3) is 0 Å². The highest BCUT2D eigenvalue weighted by Gasteiger charge is 2.11. The van der Waals surface area contributed by atoms with Gasteiger partial charge in [-0.15, -0.1) is 0 Å². The highest BCUT2D eigenvalue weighted by Crippen LogP contribution is 2.06. The molecule has 82 valence electrons. The molecular weight excluding hydrogens is 202 g/mol. The molecule has 0 aromatic carbocycles. The van der Waals surface area contributed by atoms with Crippen LogP contribution in [0.15, 0.2) is 4.63 Å². The van der Waals surface area contributed by atoms with Crippen LogP contribution in [0, 0.1) is 5.41 Å². The molecule has 1 heterocycles. The molecule has 1 aromatic heterocycles. The summed E-state index contributed by atoms with van der Waals surface area (Å²) < 4.78 is 4.39. The lowest BCUT2D eigenvalue weighted by Gasteiger charge is -2.03. The quantitative estimate of drug-likeness (QED) is 0.226. The smallest absolute Gasteiger partial charge is 0.312 e. The van der Waals surface area contributed by atoms with E-state index in [1.54, 1.807) is 0 Å². The van der Waals surface area contributed by atoms with E-state index in [4.69, 9.17) is 16.9 Å². The number of nitrogens with one attached hydrogen (secondary N) is 3. The van der Waals surface area contributed by atoms with Crippen molar-refractivity contribution in [1.82, 2.24) is 15.6 Å². The number of hydrogen-bond acceptors (Lipinski definition) is 6. The van der Waals surface area contributed by atoms with Crippen LogP contribution >= 0.6 is 0 Å². The Balaban J connectivity index is 2.40. The molecule has 0 saturated carbocycles. The van der Waals surface area contributed by atoms with Gasteiger partial charge in [0.05, 0.1) is 0 Å². The number of anilines is 1. The highest BCUT2D eigenvalue weighted by molar-refractivity contribution is 5.97. The van der Waals surface area contributed by atoms with Gasteiger partial charge in [-0.3, -0.25) is 5.41 Å². The maximum Gasteiger partial charge on any atom is 0.312 e. The number of nitrogen functional groups attached to an aromatic ring is 1. The van der Waals surface area contributed by atoms with E-state index in [1.807, 2.05) is 0 Å². The predicted molar refractivity (Wildman–Crippen MR) is 51.4 cm³/mol. The number of nitrogens with zero attached hydrogens (tertiary/aromatic N) is 2. The Hall–Kier alpha value is -2.32. The number of rotatable bonds is 5. The number of carbonyl (C=O) groups excluding carboxylic acids is 1. The van der Waals surface area contributed by atoms with Gasteiger partial charge in [-0.1, -0.05) is 0 Å². The van der Waals surface area contributed by atoms with Crippen molar-refractivity contribution < 1.29 is 9.42 Å². The molecule has 9 heteroatoms. The topological polar surface area (TPSA) is 156 Å². The van der Waals surface area contributed by atoms with Gasteiger partial charge < -0.3 is 22.1 Å². The zero-order valence-corrected chi connectivity index (χ0v) is 7.78. The maximum absolute atomic E-state index is 10.3. The van der Waals surface area contributed by atoms with Crippen molar-refractivity contribution >= 4 is 17.7 Å². The molecule has 0 saturated heterocycles. The van der Waals surface area contributed by atoms with Crippen LogP contribution < -0.4 is 22.1 Å². The lowest BCUT2D eigenvalue weighted by atomic mass is 10.4. The normalized spacial score (nSPS) is 9.60. The summed E-state index contributed by atoms with van der Waals surface area (Å²) in [5, 5.41) is 19.2. The van der Waals surface area contributed by atoms with E-state index in [1.165, 1.54) is 0 Å². The largest absolute Gasteiger partial charge is 0.382 e. The molecule has 0 unspecified atom stereocenters. The average Bonchev–Trinajstić information content (AvgIpc) is 2.60. The first kappa shape index (κ1) is 10.8. The van der Waals surface area contributed by atoms with Gasteiger partial charge in [-0.05, 0) is 10.3 Å². The van der Waals surface area contributed by atoms with Crippen molar-refractivity contribution in [3.63, 3.8) is 0 Å². The van der Waals surface area contributed by atoms with Crippen molar-refractivity contribution in [2.45, 2.75) is 0 Å². The van der Waals surface area contributed by atoms with Gasteiger partial charge >= 0.3 is 6.03 Å². The molecule has 0 aliphatic rings. The van der Waals surface area contributed by atoms with Crippen molar-refractivity contribution in [2.24, 2.45) is 11.5 Å². The number of amidine groups is 1. The first-order valence-corrected chi connectivity index (χ1v) is 4.05. The molecule has 2 amide bonds.